The number of rotatable bonds is 4. The van der Waals surface area contributed by atoms with Crippen LogP contribution in [-0.2, 0) is 19.5 Å². The Kier molecular flexibility index (Phi) is 8.11. The summed E-state index contributed by atoms with van der Waals surface area (Å²) in [6.45, 7) is 0. The maximum atomic E-state index is 13.9. The molecule has 0 spiro atoms. The van der Waals surface area contributed by atoms with Crippen molar-refractivity contribution in [3.05, 3.63) is 163 Å². The third-order valence-corrected chi connectivity index (χ3v) is 8.75. The molecule has 2 aliphatic rings. The smallest absolute Gasteiger partial charge is 0.657 e. The van der Waals surface area contributed by atoms with Crippen molar-refractivity contribution in [1.29, 1.82) is 0 Å². The van der Waals surface area contributed by atoms with Gasteiger partial charge in [-0.1, -0.05) is 146 Å². The van der Waals surface area contributed by atoms with Gasteiger partial charge in [0.25, 0.3) is 0 Å². The monoisotopic (exact) mass is 694 g/mol. The molecule has 2 aliphatic heterocycles. The first-order valence-corrected chi connectivity index (χ1v) is 16.0. The summed E-state index contributed by atoms with van der Waals surface area (Å²) in [7, 11) is 0. The van der Waals surface area contributed by atoms with E-state index in [4.69, 9.17) is 24.7 Å². The second kappa shape index (κ2) is 13.0. The molecule has 0 fully saturated rings. The SMILES string of the molecule is O=C1Oc2nc1c(-c1ccccc1)c1ccc([n-]1)c(-c1ccccc1)c1nc(c(-c3ccccc3)c3ccc([n-]3)c2-c2ccccc2)C=C1.[Zn+2]. The van der Waals surface area contributed by atoms with Crippen molar-refractivity contribution in [2.45, 2.75) is 0 Å². The Morgan fingerprint density at radius 2 is 0.780 bits per heavy atom. The van der Waals surface area contributed by atoms with Gasteiger partial charge in [0, 0.05) is 11.1 Å². The van der Waals surface area contributed by atoms with Crippen LogP contribution < -0.4 is 14.7 Å². The van der Waals surface area contributed by atoms with Crippen molar-refractivity contribution >= 4 is 40.2 Å². The maximum absolute atomic E-state index is 13.9. The topological polar surface area (TPSA) is 80.3 Å². The van der Waals surface area contributed by atoms with Crippen molar-refractivity contribution in [1.82, 2.24) is 19.9 Å². The van der Waals surface area contributed by atoms with Crippen LogP contribution >= 0.6 is 0 Å². The first-order valence-electron chi connectivity index (χ1n) is 16.0. The number of hydrogen-bond donors (Lipinski definition) is 0. The molecule has 0 amide bonds. The van der Waals surface area contributed by atoms with Gasteiger partial charge in [0.15, 0.2) is 5.69 Å². The number of ether oxygens (including phenoxy) is 1. The summed E-state index contributed by atoms with van der Waals surface area (Å²) in [4.78, 5) is 34.4. The number of carbonyl (C=O) groups is 1. The number of fused-ring (bicyclic) bond motifs is 8. The number of benzene rings is 4. The van der Waals surface area contributed by atoms with E-state index in [1.165, 1.54) is 0 Å². The van der Waals surface area contributed by atoms with Crippen molar-refractivity contribution in [3.8, 4) is 50.4 Å². The maximum Gasteiger partial charge on any atom is 2.00 e. The van der Waals surface area contributed by atoms with Gasteiger partial charge in [-0.2, -0.15) is 0 Å². The Morgan fingerprint density at radius 3 is 1.22 bits per heavy atom. The zero-order chi connectivity index (χ0) is 32.7. The van der Waals surface area contributed by atoms with Crippen molar-refractivity contribution in [2.24, 2.45) is 0 Å². The molecule has 6 nitrogen and oxygen atoms in total. The first kappa shape index (κ1) is 31.1. The average Bonchev–Trinajstić information content (AvgIpc) is 3.98. The molecule has 3 aromatic heterocycles. The second-order valence-corrected chi connectivity index (χ2v) is 11.8. The Bertz CT molecular complexity index is 2580. The van der Waals surface area contributed by atoms with Gasteiger partial charge in [-0.15, -0.1) is 22.1 Å². The van der Waals surface area contributed by atoms with E-state index in [2.05, 4.69) is 24.3 Å². The summed E-state index contributed by atoms with van der Waals surface area (Å²) in [5.74, 6) is -0.358. The fourth-order valence-corrected chi connectivity index (χ4v) is 6.55. The van der Waals surface area contributed by atoms with Crippen LogP contribution in [0.3, 0.4) is 0 Å². The first-order chi connectivity index (χ1) is 24.2. The zero-order valence-electron chi connectivity index (χ0n) is 26.8. The Labute approximate surface area is 301 Å². The van der Waals surface area contributed by atoms with E-state index in [1.54, 1.807) is 0 Å². The van der Waals surface area contributed by atoms with E-state index < -0.39 is 5.97 Å². The number of carbonyl (C=O) groups excluding carboxylic acids is 1. The molecule has 0 atom stereocenters. The number of hydrogen-bond acceptors (Lipinski definition) is 4. The van der Waals surface area contributed by atoms with Gasteiger partial charge < -0.3 is 14.7 Å². The van der Waals surface area contributed by atoms with Crippen LogP contribution in [0.5, 0.6) is 5.88 Å². The molecular formula is C43H26N4O2Zn. The van der Waals surface area contributed by atoms with E-state index >= 15 is 0 Å². The molecule has 7 aromatic rings. The van der Waals surface area contributed by atoms with Gasteiger partial charge in [-0.25, -0.2) is 14.8 Å². The van der Waals surface area contributed by atoms with E-state index in [1.807, 2.05) is 133 Å². The predicted molar refractivity (Wildman–Crippen MR) is 195 cm³/mol. The third-order valence-electron chi connectivity index (χ3n) is 8.75. The molecular weight excluding hydrogens is 670 g/mol. The van der Waals surface area contributed by atoms with Crippen molar-refractivity contribution < 1.29 is 29.0 Å². The van der Waals surface area contributed by atoms with Crippen molar-refractivity contribution in [2.75, 3.05) is 0 Å². The summed E-state index contributed by atoms with van der Waals surface area (Å²) in [6, 6.07) is 47.6. The number of esters is 1. The average molecular weight is 696 g/mol. The number of nitrogens with zero attached hydrogens (tertiary/aromatic N) is 4. The zero-order valence-corrected chi connectivity index (χ0v) is 29.8. The van der Waals surface area contributed by atoms with E-state index in [9.17, 15) is 4.79 Å². The summed E-state index contributed by atoms with van der Waals surface area (Å²) in [6.07, 6.45) is 4.09. The molecule has 232 valence electrons. The molecule has 0 saturated carbocycles. The van der Waals surface area contributed by atoms with Crippen LogP contribution in [0, 0.1) is 0 Å². The largest absolute Gasteiger partial charge is 2.00 e. The van der Waals surface area contributed by atoms with Crippen LogP contribution in [0.15, 0.2) is 146 Å². The molecule has 7 heteroatoms. The fraction of sp³-hybridized carbons (Fsp3) is 0. The fourth-order valence-electron chi connectivity index (χ4n) is 6.55. The molecule has 4 aromatic carbocycles. The van der Waals surface area contributed by atoms with Gasteiger partial charge in [-0.3, -0.25) is 0 Å². The minimum atomic E-state index is -0.548. The molecule has 8 bridgehead atoms. The quantitative estimate of drug-likeness (QED) is 0.135. The number of aromatic nitrogens is 4. The van der Waals surface area contributed by atoms with E-state index in [-0.39, 0.29) is 31.1 Å². The Morgan fingerprint density at radius 1 is 0.420 bits per heavy atom. The molecule has 9 rings (SSSR count). The molecule has 50 heavy (non-hydrogen) atoms. The standard InChI is InChI=1S/C43H27N4O2.Zn/c48-43-41-39(29-17-9-3-10-18-29)35-25-23-33(45-35)37(27-13-5-1-6-14-27)31-21-22-32(44-31)38(28-15-7-2-8-16-28)34-24-26-36(46-34)40(42(47-41)49-43)30-19-11-4-12-20-30;/h1-26H,(H-,44,45,46,47,48);/q-1;+2/p-1. The Balaban J connectivity index is 0.00000361. The van der Waals surface area contributed by atoms with Gasteiger partial charge in [0.05, 0.1) is 11.4 Å². The van der Waals surface area contributed by atoms with Crippen LogP contribution in [0.25, 0.3) is 78.7 Å². The molecule has 5 heterocycles. The van der Waals surface area contributed by atoms with Gasteiger partial charge in [0.1, 0.15) is 0 Å². The summed E-state index contributed by atoms with van der Waals surface area (Å²) in [5.41, 5.74) is 11.0. The van der Waals surface area contributed by atoms with Crippen molar-refractivity contribution in [3.63, 3.8) is 0 Å². The van der Waals surface area contributed by atoms with Crippen LogP contribution in [-0.4, -0.2) is 15.9 Å². The van der Waals surface area contributed by atoms with Crippen LogP contribution in [0.2, 0.25) is 0 Å². The third kappa shape index (κ3) is 5.48. The molecule has 0 unspecified atom stereocenters. The van der Waals surface area contributed by atoms with E-state index in [0.29, 0.717) is 22.2 Å². The minimum Gasteiger partial charge on any atom is -0.657 e. The molecule has 0 radical (unpaired) electrons. The van der Waals surface area contributed by atoms with Crippen LogP contribution in [0.4, 0.5) is 0 Å². The second-order valence-electron chi connectivity index (χ2n) is 11.8. The molecule has 0 N–H and O–H groups in total. The summed E-state index contributed by atoms with van der Waals surface area (Å²) < 4.78 is 6.03. The minimum absolute atomic E-state index is 0. The summed E-state index contributed by atoms with van der Waals surface area (Å²) in [5, 5.41) is 0. The Hall–Kier alpha value is -6.17. The molecule has 0 saturated heterocycles. The van der Waals surface area contributed by atoms with Gasteiger partial charge >= 0.3 is 25.4 Å². The predicted octanol–water partition coefficient (Wildman–Crippen LogP) is 9.63. The van der Waals surface area contributed by atoms with Gasteiger partial charge in [0.2, 0.25) is 5.88 Å². The van der Waals surface area contributed by atoms with Gasteiger partial charge in [-0.05, 0) is 45.5 Å². The van der Waals surface area contributed by atoms with Crippen LogP contribution in [0.1, 0.15) is 21.9 Å². The summed E-state index contributed by atoms with van der Waals surface area (Å²) >= 11 is 0. The normalized spacial score (nSPS) is 12.0. The molecule has 0 aliphatic carbocycles. The van der Waals surface area contributed by atoms with E-state index in [0.717, 1.165) is 55.8 Å².